The maximum Gasteiger partial charge on any atom is 0.246 e. The molecular weight excluding hydrogens is 392 g/mol. The molecule has 0 bridgehead atoms. The molecule has 0 aliphatic heterocycles. The Kier molecular flexibility index (Phi) is 5.87. The molecule has 8 nitrogen and oxygen atoms in total. The van der Waals surface area contributed by atoms with E-state index < -0.39 is 10.0 Å². The lowest BCUT2D eigenvalue weighted by Crippen LogP contribution is -2.22. The van der Waals surface area contributed by atoms with Crippen LogP contribution < -0.4 is 10.1 Å². The first kappa shape index (κ1) is 20.4. The molecule has 0 fully saturated rings. The van der Waals surface area contributed by atoms with Crippen molar-refractivity contribution in [3.8, 4) is 23.3 Å². The van der Waals surface area contributed by atoms with Gasteiger partial charge in [0.15, 0.2) is 0 Å². The Labute approximate surface area is 169 Å². The van der Waals surface area contributed by atoms with Gasteiger partial charge in [-0.1, -0.05) is 30.3 Å². The standard InChI is InChI=1S/C20H20N4O4S/c1-24(2)29(25,26)18-11-15(9-10-17(18)27-3)19-23-16(12-21)20(28-19)22-13-14-7-5-4-6-8-14/h4-11,22H,13H2,1-3H3. The Hall–Kier alpha value is -3.35. The number of benzene rings is 2. The average Bonchev–Trinajstić information content (AvgIpc) is 3.15. The van der Waals surface area contributed by atoms with Gasteiger partial charge in [-0.25, -0.2) is 12.7 Å². The molecule has 0 atom stereocenters. The number of sulfonamides is 1. The maximum absolute atomic E-state index is 12.6. The second-order valence-electron chi connectivity index (χ2n) is 6.30. The summed E-state index contributed by atoms with van der Waals surface area (Å²) in [5.41, 5.74) is 1.51. The minimum Gasteiger partial charge on any atom is -0.495 e. The minimum atomic E-state index is -3.75. The van der Waals surface area contributed by atoms with Crippen molar-refractivity contribution < 1.29 is 17.6 Å². The van der Waals surface area contributed by atoms with Crippen LogP contribution in [0.4, 0.5) is 5.88 Å². The second-order valence-corrected chi connectivity index (χ2v) is 8.42. The SMILES string of the molecule is COc1ccc(-c2nc(C#N)c(NCc3ccccc3)o2)cc1S(=O)(=O)N(C)C. The highest BCUT2D eigenvalue weighted by atomic mass is 32.2. The summed E-state index contributed by atoms with van der Waals surface area (Å²) in [4.78, 5) is 4.18. The van der Waals surface area contributed by atoms with Crippen LogP contribution in [0.15, 0.2) is 57.8 Å². The Morgan fingerprint density at radius 3 is 2.55 bits per heavy atom. The van der Waals surface area contributed by atoms with Crippen LogP contribution in [-0.2, 0) is 16.6 Å². The number of anilines is 1. The fraction of sp³-hybridized carbons (Fsp3) is 0.200. The third-order valence-corrected chi connectivity index (χ3v) is 6.03. The monoisotopic (exact) mass is 412 g/mol. The van der Waals surface area contributed by atoms with E-state index in [-0.39, 0.29) is 28.1 Å². The van der Waals surface area contributed by atoms with Gasteiger partial charge in [-0.15, -0.1) is 0 Å². The number of hydrogen-bond donors (Lipinski definition) is 1. The van der Waals surface area contributed by atoms with E-state index in [1.165, 1.54) is 33.3 Å². The molecule has 1 heterocycles. The van der Waals surface area contributed by atoms with E-state index in [1.807, 2.05) is 36.4 Å². The Morgan fingerprint density at radius 2 is 1.93 bits per heavy atom. The van der Waals surface area contributed by atoms with Crippen molar-refractivity contribution in [2.45, 2.75) is 11.4 Å². The summed E-state index contributed by atoms with van der Waals surface area (Å²) in [5, 5.41) is 12.4. The molecule has 2 aromatic carbocycles. The number of hydrogen-bond acceptors (Lipinski definition) is 7. The number of ether oxygens (including phenoxy) is 1. The second kappa shape index (κ2) is 8.34. The largest absolute Gasteiger partial charge is 0.495 e. The van der Waals surface area contributed by atoms with Crippen molar-refractivity contribution >= 4 is 15.9 Å². The van der Waals surface area contributed by atoms with Crippen LogP contribution in [0.3, 0.4) is 0 Å². The van der Waals surface area contributed by atoms with Gasteiger partial charge in [0.1, 0.15) is 16.7 Å². The number of nitriles is 1. The molecule has 29 heavy (non-hydrogen) atoms. The summed E-state index contributed by atoms with van der Waals surface area (Å²) in [6.45, 7) is 0.451. The minimum absolute atomic E-state index is 0.0157. The van der Waals surface area contributed by atoms with Gasteiger partial charge in [0, 0.05) is 26.2 Å². The molecule has 3 aromatic rings. The number of nitrogens with one attached hydrogen (secondary N) is 1. The van der Waals surface area contributed by atoms with Crippen LogP contribution in [0.1, 0.15) is 11.3 Å². The summed E-state index contributed by atoms with van der Waals surface area (Å²) >= 11 is 0. The number of oxazole rings is 1. The molecule has 150 valence electrons. The van der Waals surface area contributed by atoms with Gasteiger partial charge < -0.3 is 14.5 Å². The van der Waals surface area contributed by atoms with Crippen molar-refractivity contribution in [3.05, 3.63) is 59.8 Å². The lowest BCUT2D eigenvalue weighted by atomic mass is 10.2. The maximum atomic E-state index is 12.6. The third-order valence-electron chi connectivity index (χ3n) is 4.20. The molecule has 0 aliphatic carbocycles. The highest BCUT2D eigenvalue weighted by Gasteiger charge is 2.24. The van der Waals surface area contributed by atoms with Crippen molar-refractivity contribution in [2.75, 3.05) is 26.5 Å². The van der Waals surface area contributed by atoms with Crippen LogP contribution in [0.25, 0.3) is 11.5 Å². The Bertz CT molecular complexity index is 1150. The molecule has 1 N–H and O–H groups in total. The van der Waals surface area contributed by atoms with Gasteiger partial charge in [0.2, 0.25) is 27.5 Å². The van der Waals surface area contributed by atoms with Crippen molar-refractivity contribution in [3.63, 3.8) is 0 Å². The lowest BCUT2D eigenvalue weighted by molar-refractivity contribution is 0.400. The first-order valence-electron chi connectivity index (χ1n) is 8.66. The predicted octanol–water partition coefficient (Wildman–Crippen LogP) is 3.08. The molecule has 0 amide bonds. The van der Waals surface area contributed by atoms with Gasteiger partial charge in [-0.05, 0) is 23.8 Å². The highest BCUT2D eigenvalue weighted by Crippen LogP contribution is 2.32. The van der Waals surface area contributed by atoms with Gasteiger partial charge in [-0.3, -0.25) is 0 Å². The predicted molar refractivity (Wildman–Crippen MR) is 108 cm³/mol. The molecule has 0 unspecified atom stereocenters. The summed E-state index contributed by atoms with van der Waals surface area (Å²) in [6.07, 6.45) is 0. The molecule has 0 saturated heterocycles. The normalized spacial score (nSPS) is 11.3. The number of methoxy groups -OCH3 is 1. The first-order chi connectivity index (χ1) is 13.9. The van der Waals surface area contributed by atoms with E-state index in [0.717, 1.165) is 9.87 Å². The average molecular weight is 412 g/mol. The first-order valence-corrected chi connectivity index (χ1v) is 10.1. The Morgan fingerprint density at radius 1 is 1.21 bits per heavy atom. The van der Waals surface area contributed by atoms with Gasteiger partial charge in [0.25, 0.3) is 0 Å². The fourth-order valence-corrected chi connectivity index (χ4v) is 3.70. The number of rotatable bonds is 7. The molecule has 9 heteroatoms. The molecule has 0 aliphatic rings. The van der Waals surface area contributed by atoms with Crippen molar-refractivity contribution in [1.82, 2.24) is 9.29 Å². The summed E-state index contributed by atoms with van der Waals surface area (Å²) in [7, 11) is 0.523. The molecule has 1 aromatic heterocycles. The van der Waals surface area contributed by atoms with Crippen LogP contribution in [-0.4, -0.2) is 38.9 Å². The van der Waals surface area contributed by atoms with Crippen LogP contribution in [0.5, 0.6) is 5.75 Å². The van der Waals surface area contributed by atoms with E-state index in [4.69, 9.17) is 9.15 Å². The molecular formula is C20H20N4O4S. The molecule has 0 spiro atoms. The van der Waals surface area contributed by atoms with E-state index in [1.54, 1.807) is 6.07 Å². The summed E-state index contributed by atoms with van der Waals surface area (Å²) in [5.74, 6) is 0.561. The fourth-order valence-electron chi connectivity index (χ4n) is 2.63. The van der Waals surface area contributed by atoms with Crippen molar-refractivity contribution in [1.29, 1.82) is 5.26 Å². The van der Waals surface area contributed by atoms with Crippen LogP contribution >= 0.6 is 0 Å². The summed E-state index contributed by atoms with van der Waals surface area (Å²) < 4.78 is 37.2. The van der Waals surface area contributed by atoms with E-state index in [2.05, 4.69) is 10.3 Å². The zero-order chi connectivity index (χ0) is 21.0. The van der Waals surface area contributed by atoms with E-state index in [0.29, 0.717) is 12.1 Å². The third kappa shape index (κ3) is 4.23. The lowest BCUT2D eigenvalue weighted by Gasteiger charge is -2.15. The van der Waals surface area contributed by atoms with Crippen LogP contribution in [0.2, 0.25) is 0 Å². The van der Waals surface area contributed by atoms with Crippen molar-refractivity contribution in [2.24, 2.45) is 0 Å². The van der Waals surface area contributed by atoms with Gasteiger partial charge in [0.05, 0.1) is 7.11 Å². The number of nitrogens with zero attached hydrogens (tertiary/aromatic N) is 3. The zero-order valence-electron chi connectivity index (χ0n) is 16.2. The quantitative estimate of drug-likeness (QED) is 0.635. The van der Waals surface area contributed by atoms with Gasteiger partial charge >= 0.3 is 0 Å². The smallest absolute Gasteiger partial charge is 0.246 e. The molecule has 3 rings (SSSR count). The van der Waals surface area contributed by atoms with Crippen LogP contribution in [0, 0.1) is 11.3 Å². The zero-order valence-corrected chi connectivity index (χ0v) is 17.0. The topological polar surface area (TPSA) is 108 Å². The Balaban J connectivity index is 1.97. The highest BCUT2D eigenvalue weighted by molar-refractivity contribution is 7.89. The molecule has 0 radical (unpaired) electrons. The van der Waals surface area contributed by atoms with E-state index >= 15 is 0 Å². The molecule has 0 saturated carbocycles. The van der Waals surface area contributed by atoms with E-state index in [9.17, 15) is 13.7 Å². The number of aromatic nitrogens is 1. The summed E-state index contributed by atoms with van der Waals surface area (Å²) in [6, 6.07) is 16.2. The van der Waals surface area contributed by atoms with Gasteiger partial charge in [-0.2, -0.15) is 10.2 Å².